The van der Waals surface area contributed by atoms with Crippen molar-refractivity contribution in [2.45, 2.75) is 25.5 Å². The van der Waals surface area contributed by atoms with Crippen LogP contribution in [0.3, 0.4) is 0 Å². The van der Waals surface area contributed by atoms with Crippen LogP contribution in [0, 0.1) is 0 Å². The summed E-state index contributed by atoms with van der Waals surface area (Å²) in [6, 6.07) is 4.67. The molecule has 0 saturated heterocycles. The zero-order valence-corrected chi connectivity index (χ0v) is 13.5. The van der Waals surface area contributed by atoms with Crippen LogP contribution in [0.5, 0.6) is 0 Å². The van der Waals surface area contributed by atoms with Gasteiger partial charge in [0.05, 0.1) is 28.8 Å². The molecule has 0 fully saturated rings. The molecule has 3 N–H and O–H groups in total. The molecule has 0 spiro atoms. The Hall–Kier alpha value is -1.01. The van der Waals surface area contributed by atoms with Gasteiger partial charge in [-0.2, -0.15) is 0 Å². The van der Waals surface area contributed by atoms with Gasteiger partial charge in [-0.1, -0.05) is 35.3 Å². The smallest absolute Gasteiger partial charge is 0.315 e. The third-order valence-electron chi connectivity index (χ3n) is 2.92. The maximum Gasteiger partial charge on any atom is 0.315 e. The zero-order valence-electron chi connectivity index (χ0n) is 12.0. The number of aliphatic hydroxyl groups excluding tert-OH is 1. The first-order valence-corrected chi connectivity index (χ1v) is 7.36. The number of ether oxygens (including phenoxy) is 1. The average Bonchev–Trinajstić information content (AvgIpc) is 2.42. The van der Waals surface area contributed by atoms with E-state index < -0.39 is 6.10 Å². The Balaban J connectivity index is 2.42. The SMILES string of the molecule is COCC(O)CCNC(=O)NC(C)c1cccc(Cl)c1Cl. The molecule has 2 unspecified atom stereocenters. The predicted molar refractivity (Wildman–Crippen MR) is 83.9 cm³/mol. The molecule has 0 heterocycles. The minimum absolute atomic E-state index is 0.248. The Bertz CT molecular complexity index is 472. The van der Waals surface area contributed by atoms with E-state index in [2.05, 4.69) is 10.6 Å². The summed E-state index contributed by atoms with van der Waals surface area (Å²) in [5.41, 5.74) is 0.749. The van der Waals surface area contributed by atoms with E-state index in [9.17, 15) is 9.90 Å². The first-order valence-electron chi connectivity index (χ1n) is 6.61. The molecule has 0 bridgehead atoms. The van der Waals surface area contributed by atoms with Crippen LogP contribution in [0.1, 0.15) is 24.9 Å². The van der Waals surface area contributed by atoms with Crippen LogP contribution in [0.2, 0.25) is 10.0 Å². The molecule has 0 aromatic heterocycles. The van der Waals surface area contributed by atoms with E-state index in [4.69, 9.17) is 27.9 Å². The van der Waals surface area contributed by atoms with Gasteiger partial charge < -0.3 is 20.5 Å². The number of aliphatic hydroxyl groups is 1. The van der Waals surface area contributed by atoms with E-state index in [-0.39, 0.29) is 18.7 Å². The second-order valence-electron chi connectivity index (χ2n) is 4.66. The van der Waals surface area contributed by atoms with Crippen molar-refractivity contribution >= 4 is 29.2 Å². The van der Waals surface area contributed by atoms with Crippen LogP contribution in [0.4, 0.5) is 4.79 Å². The zero-order chi connectivity index (χ0) is 15.8. The summed E-state index contributed by atoms with van der Waals surface area (Å²) in [4.78, 5) is 11.8. The van der Waals surface area contributed by atoms with Crippen LogP contribution < -0.4 is 10.6 Å². The van der Waals surface area contributed by atoms with Gasteiger partial charge >= 0.3 is 6.03 Å². The second-order valence-corrected chi connectivity index (χ2v) is 5.45. The summed E-state index contributed by atoms with van der Waals surface area (Å²) >= 11 is 12.0. The van der Waals surface area contributed by atoms with Crippen LogP contribution >= 0.6 is 23.2 Å². The van der Waals surface area contributed by atoms with Crippen molar-refractivity contribution < 1.29 is 14.6 Å². The number of amides is 2. The number of carbonyl (C=O) groups is 1. The minimum atomic E-state index is -0.588. The summed E-state index contributed by atoms with van der Waals surface area (Å²) in [7, 11) is 1.51. The van der Waals surface area contributed by atoms with Gasteiger partial charge in [-0.15, -0.1) is 0 Å². The number of nitrogens with one attached hydrogen (secondary N) is 2. The highest BCUT2D eigenvalue weighted by Crippen LogP contribution is 2.29. The van der Waals surface area contributed by atoms with Crippen LogP contribution in [-0.2, 0) is 4.74 Å². The number of benzene rings is 1. The Labute approximate surface area is 134 Å². The van der Waals surface area contributed by atoms with Gasteiger partial charge in [-0.3, -0.25) is 0 Å². The Morgan fingerprint density at radius 3 is 2.81 bits per heavy atom. The molecule has 118 valence electrons. The maximum atomic E-state index is 11.8. The molecule has 0 aliphatic rings. The molecule has 1 rings (SSSR count). The highest BCUT2D eigenvalue weighted by atomic mass is 35.5. The fourth-order valence-corrected chi connectivity index (χ4v) is 2.28. The monoisotopic (exact) mass is 334 g/mol. The number of hydrogen-bond acceptors (Lipinski definition) is 3. The molecule has 2 amide bonds. The molecule has 0 aliphatic carbocycles. The first kappa shape index (κ1) is 18.0. The Kier molecular flexibility index (Phi) is 7.82. The first-order chi connectivity index (χ1) is 9.95. The standard InChI is InChI=1S/C14H20Cl2N2O3/c1-9(11-4-3-5-12(15)13(11)16)18-14(20)17-7-6-10(19)8-21-2/h3-5,9-10,19H,6-8H2,1-2H3,(H2,17,18,20). The van der Waals surface area contributed by atoms with Crippen molar-refractivity contribution in [1.82, 2.24) is 10.6 Å². The lowest BCUT2D eigenvalue weighted by molar-refractivity contribution is 0.0598. The van der Waals surface area contributed by atoms with Gasteiger partial charge in [0, 0.05) is 13.7 Å². The van der Waals surface area contributed by atoms with Crippen molar-refractivity contribution in [2.75, 3.05) is 20.3 Å². The average molecular weight is 335 g/mol. The summed E-state index contributed by atoms with van der Waals surface area (Å²) in [5, 5.41) is 15.8. The Morgan fingerprint density at radius 1 is 1.43 bits per heavy atom. The molecule has 0 aliphatic heterocycles. The van der Waals surface area contributed by atoms with Crippen LogP contribution in [-0.4, -0.2) is 37.5 Å². The molecule has 1 aromatic carbocycles. The lowest BCUT2D eigenvalue weighted by Crippen LogP contribution is -2.38. The summed E-state index contributed by atoms with van der Waals surface area (Å²) in [6.07, 6.45) is -0.164. The summed E-state index contributed by atoms with van der Waals surface area (Å²) < 4.78 is 4.80. The third kappa shape index (κ3) is 6.09. The topological polar surface area (TPSA) is 70.6 Å². The number of rotatable bonds is 7. The van der Waals surface area contributed by atoms with Crippen molar-refractivity contribution in [3.8, 4) is 0 Å². The number of carbonyl (C=O) groups excluding carboxylic acids is 1. The van der Waals surface area contributed by atoms with E-state index in [1.54, 1.807) is 12.1 Å². The van der Waals surface area contributed by atoms with Crippen molar-refractivity contribution in [1.29, 1.82) is 0 Å². The van der Waals surface area contributed by atoms with Gasteiger partial charge in [0.1, 0.15) is 0 Å². The number of methoxy groups -OCH3 is 1. The molecular weight excluding hydrogens is 315 g/mol. The second kappa shape index (κ2) is 9.10. The number of hydrogen-bond donors (Lipinski definition) is 3. The molecule has 0 saturated carbocycles. The maximum absolute atomic E-state index is 11.8. The lowest BCUT2D eigenvalue weighted by atomic mass is 10.1. The van der Waals surface area contributed by atoms with E-state index in [1.165, 1.54) is 7.11 Å². The van der Waals surface area contributed by atoms with Gasteiger partial charge in [0.15, 0.2) is 0 Å². The molecule has 2 atom stereocenters. The highest BCUT2D eigenvalue weighted by Gasteiger charge is 2.14. The van der Waals surface area contributed by atoms with Gasteiger partial charge in [0.2, 0.25) is 0 Å². The van der Waals surface area contributed by atoms with Gasteiger partial charge in [-0.05, 0) is 25.0 Å². The highest BCUT2D eigenvalue weighted by molar-refractivity contribution is 6.42. The Morgan fingerprint density at radius 2 is 2.14 bits per heavy atom. The van der Waals surface area contributed by atoms with Gasteiger partial charge in [-0.25, -0.2) is 4.79 Å². The van der Waals surface area contributed by atoms with E-state index in [0.29, 0.717) is 23.0 Å². The summed E-state index contributed by atoms with van der Waals surface area (Å²) in [6.45, 7) is 2.42. The molecule has 7 heteroatoms. The van der Waals surface area contributed by atoms with Crippen LogP contribution in [0.25, 0.3) is 0 Å². The fourth-order valence-electron chi connectivity index (χ4n) is 1.81. The van der Waals surface area contributed by atoms with E-state index in [1.807, 2.05) is 13.0 Å². The third-order valence-corrected chi connectivity index (χ3v) is 3.75. The quantitative estimate of drug-likeness (QED) is 0.718. The number of halogens is 2. The van der Waals surface area contributed by atoms with Gasteiger partial charge in [0.25, 0.3) is 0 Å². The minimum Gasteiger partial charge on any atom is -0.391 e. The normalized spacial score (nSPS) is 13.6. The molecular formula is C14H20Cl2N2O3. The van der Waals surface area contributed by atoms with Crippen molar-refractivity contribution in [3.63, 3.8) is 0 Å². The van der Waals surface area contributed by atoms with Crippen molar-refractivity contribution in [2.24, 2.45) is 0 Å². The molecule has 1 aromatic rings. The summed E-state index contributed by atoms with van der Waals surface area (Å²) in [5.74, 6) is 0. The fraction of sp³-hybridized carbons (Fsp3) is 0.500. The van der Waals surface area contributed by atoms with E-state index in [0.717, 1.165) is 5.56 Å². The number of urea groups is 1. The van der Waals surface area contributed by atoms with Crippen molar-refractivity contribution in [3.05, 3.63) is 33.8 Å². The largest absolute Gasteiger partial charge is 0.391 e. The van der Waals surface area contributed by atoms with E-state index >= 15 is 0 Å². The lowest BCUT2D eigenvalue weighted by Gasteiger charge is -2.17. The molecule has 5 nitrogen and oxygen atoms in total. The molecule has 21 heavy (non-hydrogen) atoms. The predicted octanol–water partition coefficient (Wildman–Crippen LogP) is 2.75. The molecule has 0 radical (unpaired) electrons. The van der Waals surface area contributed by atoms with Crippen LogP contribution in [0.15, 0.2) is 18.2 Å².